The molecule has 0 radical (unpaired) electrons. The van der Waals surface area contributed by atoms with Crippen LogP contribution < -0.4 is 9.64 Å². The van der Waals surface area contributed by atoms with Crippen LogP contribution in [-0.4, -0.2) is 45.2 Å². The Labute approximate surface area is 210 Å². The maximum absolute atomic E-state index is 14.7. The maximum Gasteiger partial charge on any atom is 0.417 e. The number of rotatable bonds is 5. The molecule has 2 unspecified atom stereocenters. The van der Waals surface area contributed by atoms with Gasteiger partial charge in [0.15, 0.2) is 5.82 Å². The molecular weight excluding hydrogens is 496 g/mol. The number of ether oxygens (including phenoxy) is 2. The number of aliphatic hydroxyl groups excluding tert-OH is 1. The quantitative estimate of drug-likeness (QED) is 0.430. The molecule has 1 amide bonds. The van der Waals surface area contributed by atoms with Crippen molar-refractivity contribution in [3.05, 3.63) is 53.7 Å². The normalized spacial score (nSPS) is 17.2. The summed E-state index contributed by atoms with van der Waals surface area (Å²) in [7, 11) is 1.26. The molecule has 3 aromatic rings. The van der Waals surface area contributed by atoms with Crippen LogP contribution in [0.5, 0.6) is 11.6 Å². The Hall–Kier alpha value is -3.67. The van der Waals surface area contributed by atoms with Crippen LogP contribution in [0.3, 0.4) is 0 Å². The average Bonchev–Trinajstić information content (AvgIpc) is 3.33. The highest BCUT2D eigenvalue weighted by Crippen LogP contribution is 2.45. The standard InChI is InChI=1S/C25H26F4N4O4/c1-13-5-6-19-21(33(13)24(35)36-4)8-7-18(16-10-31-32(12-16)14(2)15(3)34)22(19)37-23-20(26)9-17(11-30-23)25(27,28)29/h7-15,34H,5-6H2,1-4H3/t13-,14?,15?/m0/s1. The lowest BCUT2D eigenvalue weighted by Gasteiger charge is -2.35. The van der Waals surface area contributed by atoms with Crippen molar-refractivity contribution in [1.29, 1.82) is 0 Å². The Morgan fingerprint density at radius 3 is 2.59 bits per heavy atom. The van der Waals surface area contributed by atoms with E-state index >= 15 is 0 Å². The zero-order valence-corrected chi connectivity index (χ0v) is 20.6. The van der Waals surface area contributed by atoms with Crippen LogP contribution in [0.2, 0.25) is 0 Å². The first kappa shape index (κ1) is 26.4. The molecule has 12 heteroatoms. The number of methoxy groups -OCH3 is 1. The third kappa shape index (κ3) is 5.10. The number of aromatic nitrogens is 3. The predicted molar refractivity (Wildman–Crippen MR) is 126 cm³/mol. The van der Waals surface area contributed by atoms with Crippen molar-refractivity contribution >= 4 is 11.8 Å². The lowest BCUT2D eigenvalue weighted by Crippen LogP contribution is -2.42. The van der Waals surface area contributed by atoms with E-state index in [-0.39, 0.29) is 17.8 Å². The summed E-state index contributed by atoms with van der Waals surface area (Å²) in [5.74, 6) is -1.80. The number of carbonyl (C=O) groups is 1. The number of carbonyl (C=O) groups excluding carboxylic acids is 1. The van der Waals surface area contributed by atoms with Crippen molar-refractivity contribution < 1.29 is 36.9 Å². The highest BCUT2D eigenvalue weighted by Gasteiger charge is 2.34. The Morgan fingerprint density at radius 2 is 1.97 bits per heavy atom. The summed E-state index contributed by atoms with van der Waals surface area (Å²) >= 11 is 0. The molecule has 198 valence electrons. The van der Waals surface area contributed by atoms with Crippen LogP contribution in [0.4, 0.5) is 28.0 Å². The summed E-state index contributed by atoms with van der Waals surface area (Å²) < 4.78 is 66.2. The number of halogens is 4. The SMILES string of the molecule is COC(=O)N1c2ccc(-c3cnn(C(C)C(C)O)c3)c(Oc3ncc(C(F)(F)F)cc3F)c2CC[C@@H]1C. The van der Waals surface area contributed by atoms with Gasteiger partial charge in [-0.1, -0.05) is 0 Å². The first-order valence-electron chi connectivity index (χ1n) is 11.6. The summed E-state index contributed by atoms with van der Waals surface area (Å²) in [4.78, 5) is 17.6. The van der Waals surface area contributed by atoms with Crippen LogP contribution in [0.15, 0.2) is 36.8 Å². The molecule has 3 heterocycles. The molecule has 2 aromatic heterocycles. The minimum absolute atomic E-state index is 0.133. The van der Waals surface area contributed by atoms with Gasteiger partial charge in [-0.05, 0) is 51.8 Å². The van der Waals surface area contributed by atoms with Crippen LogP contribution >= 0.6 is 0 Å². The van der Waals surface area contributed by atoms with Crippen molar-refractivity contribution in [3.8, 4) is 22.8 Å². The van der Waals surface area contributed by atoms with E-state index in [0.717, 1.165) is 0 Å². The maximum atomic E-state index is 14.7. The predicted octanol–water partition coefficient (Wildman–Crippen LogP) is 5.74. The molecule has 1 N–H and O–H groups in total. The summed E-state index contributed by atoms with van der Waals surface area (Å²) in [6.07, 6.45) is -1.37. The second-order valence-corrected chi connectivity index (χ2v) is 8.97. The van der Waals surface area contributed by atoms with Gasteiger partial charge in [0.05, 0.1) is 36.7 Å². The second kappa shape index (κ2) is 10.0. The summed E-state index contributed by atoms with van der Waals surface area (Å²) in [5.41, 5.74) is 0.788. The van der Waals surface area contributed by atoms with Gasteiger partial charge < -0.3 is 14.6 Å². The minimum Gasteiger partial charge on any atom is -0.452 e. The van der Waals surface area contributed by atoms with Gasteiger partial charge in [-0.2, -0.15) is 18.3 Å². The molecule has 37 heavy (non-hydrogen) atoms. The number of amides is 1. The Kier molecular flexibility index (Phi) is 7.13. The fraction of sp³-hybridized carbons (Fsp3) is 0.400. The van der Waals surface area contributed by atoms with Crippen LogP contribution in [0.1, 0.15) is 44.4 Å². The first-order valence-corrected chi connectivity index (χ1v) is 11.6. The van der Waals surface area contributed by atoms with Gasteiger partial charge in [-0.3, -0.25) is 9.58 Å². The van der Waals surface area contributed by atoms with Crippen molar-refractivity contribution in [2.24, 2.45) is 0 Å². The van der Waals surface area contributed by atoms with Gasteiger partial charge in [0, 0.05) is 35.1 Å². The van der Waals surface area contributed by atoms with Crippen molar-refractivity contribution in [2.75, 3.05) is 12.0 Å². The van der Waals surface area contributed by atoms with Gasteiger partial charge >= 0.3 is 12.3 Å². The fourth-order valence-corrected chi connectivity index (χ4v) is 4.20. The number of nitrogens with zero attached hydrogens (tertiary/aromatic N) is 4. The lowest BCUT2D eigenvalue weighted by atomic mass is 9.92. The second-order valence-electron chi connectivity index (χ2n) is 8.97. The highest BCUT2D eigenvalue weighted by atomic mass is 19.4. The highest BCUT2D eigenvalue weighted by molar-refractivity contribution is 5.92. The molecule has 0 spiro atoms. The third-order valence-corrected chi connectivity index (χ3v) is 6.48. The number of anilines is 1. The van der Waals surface area contributed by atoms with Crippen molar-refractivity contribution in [2.45, 2.75) is 58.0 Å². The van der Waals surface area contributed by atoms with E-state index in [1.165, 1.54) is 18.2 Å². The molecule has 0 aliphatic carbocycles. The lowest BCUT2D eigenvalue weighted by molar-refractivity contribution is -0.138. The van der Waals surface area contributed by atoms with E-state index in [9.17, 15) is 27.5 Å². The van der Waals surface area contributed by atoms with Crippen LogP contribution in [-0.2, 0) is 17.3 Å². The molecule has 0 saturated heterocycles. The Bertz CT molecular complexity index is 1310. The molecule has 0 bridgehead atoms. The Balaban J connectivity index is 1.86. The Morgan fingerprint density at radius 1 is 1.24 bits per heavy atom. The molecule has 0 fully saturated rings. The van der Waals surface area contributed by atoms with E-state index in [1.54, 1.807) is 36.9 Å². The first-order chi connectivity index (χ1) is 17.4. The van der Waals surface area contributed by atoms with Gasteiger partial charge in [0.2, 0.25) is 0 Å². The summed E-state index contributed by atoms with van der Waals surface area (Å²) in [5, 5.41) is 14.2. The van der Waals surface area contributed by atoms with Crippen LogP contribution in [0.25, 0.3) is 11.1 Å². The zero-order valence-electron chi connectivity index (χ0n) is 20.6. The number of pyridine rings is 1. The smallest absolute Gasteiger partial charge is 0.417 e. The number of hydrogen-bond acceptors (Lipinski definition) is 6. The van der Waals surface area contributed by atoms with Crippen molar-refractivity contribution in [1.82, 2.24) is 14.8 Å². The van der Waals surface area contributed by atoms with Gasteiger partial charge in [0.1, 0.15) is 5.75 Å². The number of fused-ring (bicyclic) bond motifs is 1. The van der Waals surface area contributed by atoms with E-state index in [4.69, 9.17) is 9.47 Å². The molecular formula is C25H26F4N4O4. The molecule has 3 atom stereocenters. The number of alkyl halides is 3. The zero-order chi connectivity index (χ0) is 27.1. The van der Waals surface area contributed by atoms with E-state index in [2.05, 4.69) is 10.1 Å². The molecule has 1 aliphatic heterocycles. The number of benzene rings is 1. The minimum atomic E-state index is -4.77. The number of hydrogen-bond donors (Lipinski definition) is 1. The van der Waals surface area contributed by atoms with Crippen molar-refractivity contribution in [3.63, 3.8) is 0 Å². The van der Waals surface area contributed by atoms with Crippen LogP contribution in [0, 0.1) is 5.82 Å². The number of aliphatic hydroxyl groups is 1. The largest absolute Gasteiger partial charge is 0.452 e. The van der Waals surface area contributed by atoms with Gasteiger partial charge in [-0.25, -0.2) is 14.2 Å². The molecule has 4 rings (SSSR count). The monoisotopic (exact) mass is 522 g/mol. The molecule has 1 aliphatic rings. The summed E-state index contributed by atoms with van der Waals surface area (Å²) in [6, 6.07) is 3.13. The van der Waals surface area contributed by atoms with Gasteiger partial charge in [-0.15, -0.1) is 0 Å². The summed E-state index contributed by atoms with van der Waals surface area (Å²) in [6.45, 7) is 5.26. The fourth-order valence-electron chi connectivity index (χ4n) is 4.20. The third-order valence-electron chi connectivity index (χ3n) is 6.48. The van der Waals surface area contributed by atoms with E-state index in [1.807, 2.05) is 6.92 Å². The average molecular weight is 522 g/mol. The van der Waals surface area contributed by atoms with Gasteiger partial charge in [0.25, 0.3) is 5.88 Å². The van der Waals surface area contributed by atoms with E-state index < -0.39 is 35.6 Å². The topological polar surface area (TPSA) is 89.7 Å². The molecule has 1 aromatic carbocycles. The van der Waals surface area contributed by atoms with E-state index in [0.29, 0.717) is 47.5 Å². The molecule has 8 nitrogen and oxygen atoms in total. The molecule has 0 saturated carbocycles.